The van der Waals surface area contributed by atoms with Crippen molar-refractivity contribution < 1.29 is 0 Å². The van der Waals surface area contributed by atoms with Crippen molar-refractivity contribution in [2.24, 2.45) is 0 Å². The lowest BCUT2D eigenvalue weighted by Crippen LogP contribution is -2.57. The average molecular weight is 344 g/mol. The summed E-state index contributed by atoms with van der Waals surface area (Å²) in [6.45, 7) is 9.18. The molecule has 2 N–H and O–H groups in total. The summed E-state index contributed by atoms with van der Waals surface area (Å²) in [5.74, 6) is 0. The van der Waals surface area contributed by atoms with Crippen LogP contribution in [0.5, 0.6) is 0 Å². The molecule has 130 valence electrons. The van der Waals surface area contributed by atoms with Crippen LogP contribution in [-0.4, -0.2) is 34.7 Å². The molecule has 1 unspecified atom stereocenters. The van der Waals surface area contributed by atoms with E-state index in [1.165, 1.54) is 43.2 Å². The number of fused-ring (bicyclic) bond motifs is 2. The second kappa shape index (κ2) is 7.66. The maximum atomic E-state index is 5.56. The molecule has 2 heterocycles. The molecule has 2 fully saturated rings. The first-order valence-electron chi connectivity index (χ1n) is 9.07. The van der Waals surface area contributed by atoms with Crippen molar-refractivity contribution in [3.8, 4) is 0 Å². The van der Waals surface area contributed by atoms with Crippen molar-refractivity contribution in [2.45, 2.75) is 64.1 Å². The molecular formula is C20H29N3S. The van der Waals surface area contributed by atoms with Crippen LogP contribution in [0.2, 0.25) is 0 Å². The van der Waals surface area contributed by atoms with E-state index in [1.807, 2.05) is 6.08 Å². The highest BCUT2D eigenvalue weighted by Gasteiger charge is 2.37. The van der Waals surface area contributed by atoms with Gasteiger partial charge in [0.05, 0.1) is 0 Å². The molecule has 0 spiro atoms. The SMILES string of the molecule is C=CCN1[C@@H]2CCC[C@H]1CC(NC(=S)Nc1cc(C)cc(C)c1)C2. The van der Waals surface area contributed by atoms with Crippen molar-refractivity contribution in [1.82, 2.24) is 10.2 Å². The molecule has 2 aliphatic rings. The van der Waals surface area contributed by atoms with Gasteiger partial charge in [0.2, 0.25) is 0 Å². The van der Waals surface area contributed by atoms with Crippen LogP contribution in [0.3, 0.4) is 0 Å². The van der Waals surface area contributed by atoms with Gasteiger partial charge < -0.3 is 10.6 Å². The third-order valence-corrected chi connectivity index (χ3v) is 5.50. The van der Waals surface area contributed by atoms with Crippen molar-refractivity contribution >= 4 is 23.0 Å². The number of nitrogens with one attached hydrogen (secondary N) is 2. The smallest absolute Gasteiger partial charge is 0.170 e. The van der Waals surface area contributed by atoms with E-state index >= 15 is 0 Å². The van der Waals surface area contributed by atoms with Crippen molar-refractivity contribution in [1.29, 1.82) is 0 Å². The van der Waals surface area contributed by atoms with E-state index in [9.17, 15) is 0 Å². The van der Waals surface area contributed by atoms with Gasteiger partial charge in [-0.2, -0.15) is 0 Å². The summed E-state index contributed by atoms with van der Waals surface area (Å²) in [7, 11) is 0. The molecule has 4 heteroatoms. The highest BCUT2D eigenvalue weighted by atomic mass is 32.1. The van der Waals surface area contributed by atoms with Crippen molar-refractivity contribution in [3.63, 3.8) is 0 Å². The summed E-state index contributed by atoms with van der Waals surface area (Å²) >= 11 is 5.56. The Morgan fingerprint density at radius 1 is 1.21 bits per heavy atom. The lowest BCUT2D eigenvalue weighted by molar-refractivity contribution is 0.0389. The number of nitrogens with zero attached hydrogens (tertiary/aromatic N) is 1. The highest BCUT2D eigenvalue weighted by Crippen LogP contribution is 2.33. The average Bonchev–Trinajstić information content (AvgIpc) is 2.47. The zero-order valence-electron chi connectivity index (χ0n) is 14.8. The molecule has 3 nitrogen and oxygen atoms in total. The van der Waals surface area contributed by atoms with Gasteiger partial charge in [-0.1, -0.05) is 18.6 Å². The Balaban J connectivity index is 1.58. The Morgan fingerprint density at radius 3 is 2.42 bits per heavy atom. The number of aryl methyl sites for hydroxylation is 2. The van der Waals surface area contributed by atoms with Crippen LogP contribution in [0.25, 0.3) is 0 Å². The Bertz CT molecular complexity index is 579. The molecule has 0 radical (unpaired) electrons. The number of hydrogen-bond acceptors (Lipinski definition) is 2. The number of hydrogen-bond donors (Lipinski definition) is 2. The van der Waals surface area contributed by atoms with E-state index in [0.717, 1.165) is 17.3 Å². The zero-order valence-corrected chi connectivity index (χ0v) is 15.7. The van der Waals surface area contributed by atoms with Gasteiger partial charge in [0.15, 0.2) is 5.11 Å². The number of rotatable bonds is 4. The normalized spacial score (nSPS) is 26.7. The van der Waals surface area contributed by atoms with Crippen LogP contribution in [-0.2, 0) is 0 Å². The number of anilines is 1. The quantitative estimate of drug-likeness (QED) is 0.634. The van der Waals surface area contributed by atoms with Crippen LogP contribution in [0.4, 0.5) is 5.69 Å². The molecular weight excluding hydrogens is 314 g/mol. The first kappa shape index (κ1) is 17.4. The molecule has 0 saturated carbocycles. The van der Waals surface area contributed by atoms with E-state index in [0.29, 0.717) is 18.1 Å². The van der Waals surface area contributed by atoms with Gasteiger partial charge in [-0.3, -0.25) is 4.90 Å². The minimum atomic E-state index is 0.479. The Labute approximate surface area is 151 Å². The largest absolute Gasteiger partial charge is 0.360 e. The van der Waals surface area contributed by atoms with Gasteiger partial charge in [-0.05, 0) is 75.0 Å². The maximum absolute atomic E-state index is 5.56. The summed E-state index contributed by atoms with van der Waals surface area (Å²) in [5.41, 5.74) is 3.59. The van der Waals surface area contributed by atoms with E-state index in [-0.39, 0.29) is 0 Å². The third-order valence-electron chi connectivity index (χ3n) is 5.28. The molecule has 3 atom stereocenters. The fourth-order valence-electron chi connectivity index (χ4n) is 4.44. The second-order valence-corrected chi connectivity index (χ2v) is 7.78. The molecule has 0 amide bonds. The summed E-state index contributed by atoms with van der Waals surface area (Å²) in [5, 5.41) is 7.68. The molecule has 0 aromatic heterocycles. The van der Waals surface area contributed by atoms with Crippen molar-refractivity contribution in [2.75, 3.05) is 11.9 Å². The predicted octanol–water partition coefficient (Wildman–Crippen LogP) is 4.16. The van der Waals surface area contributed by atoms with Gasteiger partial charge in [-0.25, -0.2) is 0 Å². The standard InChI is InChI=1S/C20H29N3S/c1-4-8-23-18-6-5-7-19(23)13-17(12-18)22-20(24)21-16-10-14(2)9-15(3)11-16/h4,9-11,17-19H,1,5-8,12-13H2,2-3H3,(H2,21,22,24)/t17?,18-,19+. The summed E-state index contributed by atoms with van der Waals surface area (Å²) in [6.07, 6.45) is 8.38. The minimum Gasteiger partial charge on any atom is -0.360 e. The van der Waals surface area contributed by atoms with Crippen LogP contribution in [0.1, 0.15) is 43.2 Å². The van der Waals surface area contributed by atoms with E-state index < -0.39 is 0 Å². The second-order valence-electron chi connectivity index (χ2n) is 7.37. The molecule has 24 heavy (non-hydrogen) atoms. The number of piperidine rings is 2. The van der Waals surface area contributed by atoms with Crippen molar-refractivity contribution in [3.05, 3.63) is 42.0 Å². The molecule has 0 aliphatic carbocycles. The molecule has 1 aromatic rings. The van der Waals surface area contributed by atoms with E-state index in [4.69, 9.17) is 12.2 Å². The topological polar surface area (TPSA) is 27.3 Å². The first-order valence-corrected chi connectivity index (χ1v) is 9.48. The fraction of sp³-hybridized carbons (Fsp3) is 0.550. The summed E-state index contributed by atoms with van der Waals surface area (Å²) in [4.78, 5) is 2.65. The zero-order chi connectivity index (χ0) is 17.1. The molecule has 2 bridgehead atoms. The lowest BCUT2D eigenvalue weighted by Gasteiger charge is -2.48. The number of benzene rings is 1. The van der Waals surface area contributed by atoms with Gasteiger partial charge in [0.1, 0.15) is 0 Å². The fourth-order valence-corrected chi connectivity index (χ4v) is 4.73. The summed E-state index contributed by atoms with van der Waals surface area (Å²) < 4.78 is 0. The Kier molecular flexibility index (Phi) is 5.57. The predicted molar refractivity (Wildman–Crippen MR) is 107 cm³/mol. The monoisotopic (exact) mass is 343 g/mol. The van der Waals surface area contributed by atoms with Gasteiger partial charge in [0, 0.05) is 30.4 Å². The van der Waals surface area contributed by atoms with Crippen LogP contribution < -0.4 is 10.6 Å². The number of thiocarbonyl (C=S) groups is 1. The lowest BCUT2D eigenvalue weighted by atomic mass is 9.82. The maximum Gasteiger partial charge on any atom is 0.170 e. The van der Waals surface area contributed by atoms with Crippen LogP contribution in [0, 0.1) is 13.8 Å². The van der Waals surface area contributed by atoms with E-state index in [1.54, 1.807) is 0 Å². The molecule has 2 saturated heterocycles. The van der Waals surface area contributed by atoms with Gasteiger partial charge in [-0.15, -0.1) is 6.58 Å². The molecule has 1 aromatic carbocycles. The summed E-state index contributed by atoms with van der Waals surface area (Å²) in [6, 6.07) is 8.30. The van der Waals surface area contributed by atoms with Crippen LogP contribution >= 0.6 is 12.2 Å². The van der Waals surface area contributed by atoms with E-state index in [2.05, 4.69) is 54.2 Å². The Hall–Kier alpha value is -1.39. The van der Waals surface area contributed by atoms with Gasteiger partial charge >= 0.3 is 0 Å². The Morgan fingerprint density at radius 2 is 1.83 bits per heavy atom. The third kappa shape index (κ3) is 4.17. The molecule has 3 rings (SSSR count). The molecule has 2 aliphatic heterocycles. The minimum absolute atomic E-state index is 0.479. The highest BCUT2D eigenvalue weighted by molar-refractivity contribution is 7.80. The van der Waals surface area contributed by atoms with Crippen LogP contribution in [0.15, 0.2) is 30.9 Å². The first-order chi connectivity index (χ1) is 11.5. The van der Waals surface area contributed by atoms with Gasteiger partial charge in [0.25, 0.3) is 0 Å².